The number of rotatable bonds is 7. The molecule has 2 aromatic carbocycles. The second-order valence-corrected chi connectivity index (χ2v) is 8.06. The van der Waals surface area contributed by atoms with E-state index in [-0.39, 0.29) is 11.4 Å². The van der Waals surface area contributed by atoms with Gasteiger partial charge in [0.05, 0.1) is 28.3 Å². The lowest BCUT2D eigenvalue weighted by Gasteiger charge is -2.19. The predicted octanol–water partition coefficient (Wildman–Crippen LogP) is 7.52. The van der Waals surface area contributed by atoms with Crippen LogP contribution in [-0.2, 0) is 12.0 Å². The highest BCUT2D eigenvalue weighted by molar-refractivity contribution is 5.53. The van der Waals surface area contributed by atoms with Crippen molar-refractivity contribution in [3.05, 3.63) is 60.3 Å². The highest BCUT2D eigenvalue weighted by atomic mass is 16.3. The van der Waals surface area contributed by atoms with Crippen molar-refractivity contribution in [3.8, 4) is 5.88 Å². The second kappa shape index (κ2) is 9.43. The minimum Gasteiger partial charge on any atom is -0.492 e. The topological polar surface area (TPSA) is 87.5 Å². The Kier molecular flexibility index (Phi) is 6.72. The van der Waals surface area contributed by atoms with Gasteiger partial charge in [-0.2, -0.15) is 20.4 Å². The predicted molar refractivity (Wildman–Crippen MR) is 119 cm³/mol. The third kappa shape index (κ3) is 5.37. The van der Waals surface area contributed by atoms with Crippen LogP contribution in [0.1, 0.15) is 46.2 Å². The van der Waals surface area contributed by atoms with Crippen LogP contribution in [0.25, 0.3) is 0 Å². The second-order valence-electron chi connectivity index (χ2n) is 8.06. The molecule has 156 valence electrons. The summed E-state index contributed by atoms with van der Waals surface area (Å²) in [5, 5.41) is 32.3. The molecular weight excluding hydrogens is 376 g/mol. The molecule has 0 atom stereocenters. The highest BCUT2D eigenvalue weighted by Crippen LogP contribution is 2.36. The van der Waals surface area contributed by atoms with E-state index in [1.54, 1.807) is 4.68 Å². The van der Waals surface area contributed by atoms with Crippen LogP contribution < -0.4 is 0 Å². The summed E-state index contributed by atoms with van der Waals surface area (Å²) in [6.45, 7) is 8.10. The van der Waals surface area contributed by atoms with Gasteiger partial charge in [0.25, 0.3) is 0 Å². The number of benzene rings is 2. The van der Waals surface area contributed by atoms with Gasteiger partial charge < -0.3 is 5.11 Å². The van der Waals surface area contributed by atoms with E-state index in [4.69, 9.17) is 0 Å². The normalized spacial score (nSPS) is 12.3. The van der Waals surface area contributed by atoms with Crippen molar-refractivity contribution in [2.75, 3.05) is 0 Å². The zero-order valence-corrected chi connectivity index (χ0v) is 17.9. The van der Waals surface area contributed by atoms with Crippen LogP contribution >= 0.6 is 0 Å². The van der Waals surface area contributed by atoms with Crippen molar-refractivity contribution in [2.45, 2.75) is 52.5 Å². The lowest BCUT2D eigenvalue weighted by Crippen LogP contribution is -2.22. The maximum absolute atomic E-state index is 10.7. The lowest BCUT2D eigenvalue weighted by molar-refractivity contribution is 0.294. The van der Waals surface area contributed by atoms with Crippen LogP contribution in [0.4, 0.5) is 22.7 Å². The van der Waals surface area contributed by atoms with E-state index in [9.17, 15) is 5.11 Å². The van der Waals surface area contributed by atoms with Gasteiger partial charge in [-0.3, -0.25) is 0 Å². The first-order chi connectivity index (χ1) is 14.4. The Morgan fingerprint density at radius 2 is 1.37 bits per heavy atom. The van der Waals surface area contributed by atoms with Gasteiger partial charge in [0.2, 0.25) is 5.88 Å². The van der Waals surface area contributed by atoms with Gasteiger partial charge in [-0.05, 0) is 70.0 Å². The van der Waals surface area contributed by atoms with Crippen LogP contribution in [-0.4, -0.2) is 14.9 Å². The van der Waals surface area contributed by atoms with Gasteiger partial charge in [-0.25, -0.2) is 4.68 Å². The Labute approximate surface area is 177 Å². The van der Waals surface area contributed by atoms with Crippen molar-refractivity contribution in [1.82, 2.24) is 9.78 Å². The molecular formula is C23H28N6O. The summed E-state index contributed by atoms with van der Waals surface area (Å²) in [6, 6.07) is 16.9. The molecule has 30 heavy (non-hydrogen) atoms. The molecule has 0 fully saturated rings. The molecule has 0 aliphatic rings. The molecule has 1 aromatic heterocycles. The van der Waals surface area contributed by atoms with Gasteiger partial charge in [0.1, 0.15) is 0 Å². The minimum absolute atomic E-state index is 0.0469. The number of hydrogen-bond donors (Lipinski definition) is 1. The first-order valence-corrected chi connectivity index (χ1v) is 10.2. The summed E-state index contributed by atoms with van der Waals surface area (Å²) in [5.74, 6) is 0.0469. The molecule has 3 aromatic rings. The van der Waals surface area contributed by atoms with Crippen molar-refractivity contribution >= 4 is 22.7 Å². The third-order valence-electron chi connectivity index (χ3n) is 4.46. The molecule has 0 unspecified atom stereocenters. The summed E-state index contributed by atoms with van der Waals surface area (Å²) in [5.41, 5.74) is 3.05. The molecule has 0 aliphatic carbocycles. The van der Waals surface area contributed by atoms with Gasteiger partial charge in [0, 0.05) is 0 Å². The Hall–Kier alpha value is -3.35. The first kappa shape index (κ1) is 21.4. The summed E-state index contributed by atoms with van der Waals surface area (Å²) >= 11 is 0. The SMILES string of the molecule is CCCCc1nn(C(C)(C)C)c(O)c1N=Nc1ccc(N=Nc2ccccc2)cc1. The minimum atomic E-state index is -0.343. The zero-order valence-electron chi connectivity index (χ0n) is 17.9. The van der Waals surface area contributed by atoms with Crippen molar-refractivity contribution in [3.63, 3.8) is 0 Å². The Morgan fingerprint density at radius 1 is 0.833 bits per heavy atom. The van der Waals surface area contributed by atoms with Gasteiger partial charge in [-0.15, -0.1) is 5.11 Å². The fourth-order valence-corrected chi connectivity index (χ4v) is 2.83. The standard InChI is InChI=1S/C23H28N6O/c1-5-6-12-20-21(22(30)29(28-20)23(2,3)4)27-26-19-15-13-18(14-16-19)25-24-17-10-8-7-9-11-17/h7-11,13-16,30H,5-6,12H2,1-4H3. The summed E-state index contributed by atoms with van der Waals surface area (Å²) in [4.78, 5) is 0. The van der Waals surface area contributed by atoms with E-state index in [2.05, 4.69) is 32.5 Å². The van der Waals surface area contributed by atoms with E-state index in [0.29, 0.717) is 11.4 Å². The number of aryl methyl sites for hydroxylation is 1. The van der Waals surface area contributed by atoms with E-state index < -0.39 is 0 Å². The monoisotopic (exact) mass is 404 g/mol. The van der Waals surface area contributed by atoms with Crippen LogP contribution in [0.15, 0.2) is 75.1 Å². The Balaban J connectivity index is 1.79. The summed E-state index contributed by atoms with van der Waals surface area (Å²) < 4.78 is 1.61. The Bertz CT molecular complexity index is 1010. The Morgan fingerprint density at radius 3 is 1.90 bits per heavy atom. The van der Waals surface area contributed by atoms with E-state index in [0.717, 1.165) is 36.3 Å². The van der Waals surface area contributed by atoms with Crippen molar-refractivity contribution < 1.29 is 5.11 Å². The molecule has 0 spiro atoms. The van der Waals surface area contributed by atoms with Gasteiger partial charge >= 0.3 is 0 Å². The maximum atomic E-state index is 10.7. The molecule has 1 N–H and O–H groups in total. The van der Waals surface area contributed by atoms with Gasteiger partial charge in [0.15, 0.2) is 5.69 Å². The molecule has 7 heteroatoms. The number of unbranched alkanes of at least 4 members (excludes halogenated alkanes) is 1. The molecule has 0 aliphatic heterocycles. The van der Waals surface area contributed by atoms with E-state index in [1.165, 1.54) is 0 Å². The van der Waals surface area contributed by atoms with E-state index in [1.807, 2.05) is 75.4 Å². The molecule has 1 heterocycles. The molecule has 0 radical (unpaired) electrons. The molecule has 7 nitrogen and oxygen atoms in total. The quantitative estimate of drug-likeness (QED) is 0.413. The summed E-state index contributed by atoms with van der Waals surface area (Å²) in [7, 11) is 0. The molecule has 0 saturated heterocycles. The number of aromatic nitrogens is 2. The van der Waals surface area contributed by atoms with Crippen molar-refractivity contribution in [1.29, 1.82) is 0 Å². The third-order valence-corrected chi connectivity index (χ3v) is 4.46. The average molecular weight is 405 g/mol. The number of azo groups is 2. The first-order valence-electron chi connectivity index (χ1n) is 10.2. The molecule has 3 rings (SSSR count). The fourth-order valence-electron chi connectivity index (χ4n) is 2.83. The molecule has 0 bridgehead atoms. The number of hydrogen-bond acceptors (Lipinski definition) is 6. The maximum Gasteiger partial charge on any atom is 0.238 e. The molecule has 0 amide bonds. The highest BCUT2D eigenvalue weighted by Gasteiger charge is 2.24. The zero-order chi connectivity index (χ0) is 21.6. The number of nitrogens with zero attached hydrogens (tertiary/aromatic N) is 6. The molecule has 0 saturated carbocycles. The van der Waals surface area contributed by atoms with Crippen LogP contribution in [0.5, 0.6) is 5.88 Å². The van der Waals surface area contributed by atoms with Crippen LogP contribution in [0.2, 0.25) is 0 Å². The van der Waals surface area contributed by atoms with Crippen LogP contribution in [0.3, 0.4) is 0 Å². The fraction of sp³-hybridized carbons (Fsp3) is 0.348. The van der Waals surface area contributed by atoms with Crippen molar-refractivity contribution in [2.24, 2.45) is 20.5 Å². The summed E-state index contributed by atoms with van der Waals surface area (Å²) in [6.07, 6.45) is 2.77. The lowest BCUT2D eigenvalue weighted by atomic mass is 10.1. The van der Waals surface area contributed by atoms with Gasteiger partial charge in [-0.1, -0.05) is 31.5 Å². The average Bonchev–Trinajstić information content (AvgIpc) is 3.06. The smallest absolute Gasteiger partial charge is 0.238 e. The van der Waals surface area contributed by atoms with Crippen LogP contribution in [0, 0.1) is 0 Å². The van der Waals surface area contributed by atoms with E-state index >= 15 is 0 Å². The number of aromatic hydroxyl groups is 1. The largest absolute Gasteiger partial charge is 0.492 e.